The van der Waals surface area contributed by atoms with Crippen LogP contribution in [0.4, 0.5) is 5.69 Å². The van der Waals surface area contributed by atoms with Gasteiger partial charge < -0.3 is 15.8 Å². The minimum absolute atomic E-state index is 0.0110. The standard InChI is InChI=1S/C17H26N2O2/c1-2-21-15-9-5-4-8-14(15)19-16(20)12-17(13-18)10-6-3-7-11-17/h4-5,8-9H,2-3,6-7,10-13,18H2,1H3,(H,19,20). The number of benzene rings is 1. The summed E-state index contributed by atoms with van der Waals surface area (Å²) in [5, 5.41) is 2.98. The molecule has 3 N–H and O–H groups in total. The number of nitrogens with one attached hydrogen (secondary N) is 1. The summed E-state index contributed by atoms with van der Waals surface area (Å²) >= 11 is 0. The Bertz CT molecular complexity index is 468. The van der Waals surface area contributed by atoms with E-state index >= 15 is 0 Å². The van der Waals surface area contributed by atoms with Gasteiger partial charge in [0.05, 0.1) is 12.3 Å². The number of amides is 1. The van der Waals surface area contributed by atoms with Gasteiger partial charge in [-0.25, -0.2) is 0 Å². The molecule has 0 unspecified atom stereocenters. The highest BCUT2D eigenvalue weighted by molar-refractivity contribution is 5.92. The maximum Gasteiger partial charge on any atom is 0.225 e. The molecule has 0 atom stereocenters. The average Bonchev–Trinajstić information content (AvgIpc) is 2.50. The summed E-state index contributed by atoms with van der Waals surface area (Å²) in [4.78, 5) is 12.4. The van der Waals surface area contributed by atoms with Crippen LogP contribution in [0.25, 0.3) is 0 Å². The number of hydrogen-bond acceptors (Lipinski definition) is 3. The highest BCUT2D eigenvalue weighted by Crippen LogP contribution is 2.38. The molecule has 1 aliphatic carbocycles. The van der Waals surface area contributed by atoms with Crippen LogP contribution in [0.2, 0.25) is 0 Å². The first-order valence-electron chi connectivity index (χ1n) is 7.91. The van der Waals surface area contributed by atoms with E-state index < -0.39 is 0 Å². The maximum atomic E-state index is 12.4. The monoisotopic (exact) mass is 290 g/mol. The van der Waals surface area contributed by atoms with E-state index in [1.54, 1.807) is 0 Å². The van der Waals surface area contributed by atoms with Gasteiger partial charge in [-0.15, -0.1) is 0 Å². The number of nitrogens with two attached hydrogens (primary N) is 1. The molecule has 0 saturated heterocycles. The Morgan fingerprint density at radius 1 is 1.29 bits per heavy atom. The lowest BCUT2D eigenvalue weighted by molar-refractivity contribution is -0.118. The predicted octanol–water partition coefficient (Wildman–Crippen LogP) is 3.32. The second kappa shape index (κ2) is 7.46. The smallest absolute Gasteiger partial charge is 0.225 e. The number of ether oxygens (including phenoxy) is 1. The Kier molecular flexibility index (Phi) is 5.62. The quantitative estimate of drug-likeness (QED) is 0.844. The zero-order valence-corrected chi connectivity index (χ0v) is 12.9. The van der Waals surface area contributed by atoms with Crippen LogP contribution in [0.5, 0.6) is 5.75 Å². The van der Waals surface area contributed by atoms with Crippen LogP contribution in [0.3, 0.4) is 0 Å². The Balaban J connectivity index is 2.01. The van der Waals surface area contributed by atoms with Crippen molar-refractivity contribution in [1.82, 2.24) is 0 Å². The molecule has 1 fully saturated rings. The highest BCUT2D eigenvalue weighted by Gasteiger charge is 2.33. The molecule has 1 amide bonds. The molecule has 4 nitrogen and oxygen atoms in total. The third kappa shape index (κ3) is 4.21. The van der Waals surface area contributed by atoms with Gasteiger partial charge in [0.15, 0.2) is 0 Å². The highest BCUT2D eigenvalue weighted by atomic mass is 16.5. The molecule has 21 heavy (non-hydrogen) atoms. The molecular formula is C17H26N2O2. The Morgan fingerprint density at radius 2 is 2.00 bits per heavy atom. The van der Waals surface area contributed by atoms with Gasteiger partial charge in [-0.3, -0.25) is 4.79 Å². The van der Waals surface area contributed by atoms with Gasteiger partial charge in [0, 0.05) is 6.42 Å². The van der Waals surface area contributed by atoms with E-state index in [0.717, 1.165) is 24.3 Å². The van der Waals surface area contributed by atoms with E-state index in [1.165, 1.54) is 19.3 Å². The molecule has 0 spiro atoms. The molecule has 1 saturated carbocycles. The fourth-order valence-corrected chi connectivity index (χ4v) is 3.14. The Labute approximate surface area is 127 Å². The van der Waals surface area contributed by atoms with Crippen molar-refractivity contribution < 1.29 is 9.53 Å². The van der Waals surface area contributed by atoms with E-state index in [0.29, 0.717) is 19.6 Å². The molecule has 0 radical (unpaired) electrons. The first-order valence-corrected chi connectivity index (χ1v) is 7.91. The van der Waals surface area contributed by atoms with Crippen molar-refractivity contribution in [3.63, 3.8) is 0 Å². The van der Waals surface area contributed by atoms with Crippen LogP contribution in [0, 0.1) is 5.41 Å². The molecule has 0 aromatic heterocycles. The van der Waals surface area contributed by atoms with Crippen molar-refractivity contribution in [2.45, 2.75) is 45.4 Å². The lowest BCUT2D eigenvalue weighted by Crippen LogP contribution is -2.36. The van der Waals surface area contributed by atoms with Gasteiger partial charge in [0.25, 0.3) is 0 Å². The largest absolute Gasteiger partial charge is 0.492 e. The molecule has 0 bridgehead atoms. The molecule has 2 rings (SSSR count). The molecule has 4 heteroatoms. The Morgan fingerprint density at radius 3 is 2.67 bits per heavy atom. The molecule has 0 aliphatic heterocycles. The predicted molar refractivity (Wildman–Crippen MR) is 85.4 cm³/mol. The van der Waals surface area contributed by atoms with Crippen LogP contribution in [0.15, 0.2) is 24.3 Å². The minimum atomic E-state index is -0.0110. The summed E-state index contributed by atoms with van der Waals surface area (Å²) in [6.45, 7) is 3.11. The first-order chi connectivity index (χ1) is 10.2. The second-order valence-corrected chi connectivity index (χ2v) is 5.92. The molecule has 1 aliphatic rings. The lowest BCUT2D eigenvalue weighted by Gasteiger charge is -2.35. The van der Waals surface area contributed by atoms with Crippen molar-refractivity contribution in [1.29, 1.82) is 0 Å². The number of carbonyl (C=O) groups is 1. The van der Waals surface area contributed by atoms with Gasteiger partial charge in [0.2, 0.25) is 5.91 Å². The van der Waals surface area contributed by atoms with Gasteiger partial charge in [-0.1, -0.05) is 31.4 Å². The van der Waals surface area contributed by atoms with Crippen molar-refractivity contribution in [2.24, 2.45) is 11.1 Å². The SMILES string of the molecule is CCOc1ccccc1NC(=O)CC1(CN)CCCCC1. The normalized spacial score (nSPS) is 17.2. The van der Waals surface area contributed by atoms with Crippen LogP contribution in [-0.2, 0) is 4.79 Å². The lowest BCUT2D eigenvalue weighted by atomic mass is 9.71. The van der Waals surface area contributed by atoms with Crippen LogP contribution < -0.4 is 15.8 Å². The van der Waals surface area contributed by atoms with Gasteiger partial charge >= 0.3 is 0 Å². The topological polar surface area (TPSA) is 64.3 Å². The third-order valence-corrected chi connectivity index (χ3v) is 4.34. The van der Waals surface area contributed by atoms with Crippen LogP contribution in [-0.4, -0.2) is 19.1 Å². The molecular weight excluding hydrogens is 264 g/mol. The summed E-state index contributed by atoms with van der Waals surface area (Å²) in [6.07, 6.45) is 6.24. The van der Waals surface area contributed by atoms with Gasteiger partial charge in [-0.05, 0) is 43.9 Å². The van der Waals surface area contributed by atoms with Crippen molar-refractivity contribution in [2.75, 3.05) is 18.5 Å². The number of hydrogen-bond donors (Lipinski definition) is 2. The zero-order chi connectivity index (χ0) is 15.1. The summed E-state index contributed by atoms with van der Waals surface area (Å²) in [7, 11) is 0. The average molecular weight is 290 g/mol. The van der Waals surface area contributed by atoms with Gasteiger partial charge in [0.1, 0.15) is 5.75 Å². The summed E-state index contributed by atoms with van der Waals surface area (Å²) in [5.74, 6) is 0.758. The summed E-state index contributed by atoms with van der Waals surface area (Å²) < 4.78 is 5.54. The number of para-hydroxylation sites is 2. The third-order valence-electron chi connectivity index (χ3n) is 4.34. The molecule has 0 heterocycles. The van der Waals surface area contributed by atoms with E-state index in [9.17, 15) is 4.79 Å². The number of rotatable bonds is 6. The van der Waals surface area contributed by atoms with Crippen molar-refractivity contribution >= 4 is 11.6 Å². The number of carbonyl (C=O) groups excluding carboxylic acids is 1. The molecule has 116 valence electrons. The van der Waals surface area contributed by atoms with Crippen LogP contribution >= 0.6 is 0 Å². The summed E-state index contributed by atoms with van der Waals surface area (Å²) in [6, 6.07) is 7.55. The fourth-order valence-electron chi connectivity index (χ4n) is 3.14. The Hall–Kier alpha value is -1.55. The van der Waals surface area contributed by atoms with Crippen LogP contribution in [0.1, 0.15) is 45.4 Å². The van der Waals surface area contributed by atoms with E-state index in [-0.39, 0.29) is 11.3 Å². The number of anilines is 1. The maximum absolute atomic E-state index is 12.4. The van der Waals surface area contributed by atoms with Crippen molar-refractivity contribution in [3.05, 3.63) is 24.3 Å². The fraction of sp³-hybridized carbons (Fsp3) is 0.588. The summed E-state index contributed by atoms with van der Waals surface area (Å²) in [5.41, 5.74) is 6.68. The van der Waals surface area contributed by atoms with Crippen molar-refractivity contribution in [3.8, 4) is 5.75 Å². The van der Waals surface area contributed by atoms with E-state index in [4.69, 9.17) is 10.5 Å². The second-order valence-electron chi connectivity index (χ2n) is 5.92. The van der Waals surface area contributed by atoms with Gasteiger partial charge in [-0.2, -0.15) is 0 Å². The van der Waals surface area contributed by atoms with E-state index in [2.05, 4.69) is 5.32 Å². The zero-order valence-electron chi connectivity index (χ0n) is 12.9. The molecule has 1 aromatic rings. The van der Waals surface area contributed by atoms with E-state index in [1.807, 2.05) is 31.2 Å². The first kappa shape index (κ1) is 15.8. The minimum Gasteiger partial charge on any atom is -0.492 e. The molecule has 1 aromatic carbocycles.